The third-order valence-corrected chi connectivity index (χ3v) is 0.775. The second kappa shape index (κ2) is 4.37. The standard InChI is InChI=1S/C5H7NO5/c1-2-4(7)11-5(8)3-6(9)10/h2-3H2,1H3. The third-order valence-electron chi connectivity index (χ3n) is 0.775. The molecule has 0 bridgehead atoms. The summed E-state index contributed by atoms with van der Waals surface area (Å²) in [6.07, 6.45) is 0.0312. The molecule has 11 heavy (non-hydrogen) atoms. The van der Waals surface area contributed by atoms with Gasteiger partial charge in [-0.15, -0.1) is 0 Å². The molecule has 0 aromatic carbocycles. The molecule has 0 atom stereocenters. The summed E-state index contributed by atoms with van der Waals surface area (Å²) < 4.78 is 3.99. The zero-order valence-electron chi connectivity index (χ0n) is 5.90. The van der Waals surface area contributed by atoms with Crippen LogP contribution in [-0.4, -0.2) is 23.4 Å². The first-order valence-corrected chi connectivity index (χ1v) is 2.91. The molecule has 0 rings (SSSR count). The van der Waals surface area contributed by atoms with E-state index in [1.54, 1.807) is 0 Å². The molecule has 0 aliphatic heterocycles. The second-order valence-corrected chi connectivity index (χ2v) is 1.69. The van der Waals surface area contributed by atoms with Crippen LogP contribution < -0.4 is 0 Å². The number of carbonyl (C=O) groups excluding carboxylic acids is 2. The monoisotopic (exact) mass is 161 g/mol. The Kier molecular flexibility index (Phi) is 3.79. The predicted octanol–water partition coefficient (Wildman–Crippen LogP) is -0.257. The highest BCUT2D eigenvalue weighted by Crippen LogP contribution is 1.85. The maximum absolute atomic E-state index is 10.3. The lowest BCUT2D eigenvalue weighted by atomic mass is 10.5. The Morgan fingerprint density at radius 3 is 2.36 bits per heavy atom. The van der Waals surface area contributed by atoms with Gasteiger partial charge in [0.05, 0.1) is 0 Å². The van der Waals surface area contributed by atoms with Gasteiger partial charge >= 0.3 is 11.9 Å². The molecule has 0 aromatic rings. The van der Waals surface area contributed by atoms with E-state index in [2.05, 4.69) is 4.74 Å². The summed E-state index contributed by atoms with van der Waals surface area (Å²) in [6.45, 7) is 0.521. The summed E-state index contributed by atoms with van der Waals surface area (Å²) in [4.78, 5) is 29.5. The molecule has 6 nitrogen and oxygen atoms in total. The Morgan fingerprint density at radius 2 is 2.00 bits per heavy atom. The Balaban J connectivity index is 3.70. The fourth-order valence-corrected chi connectivity index (χ4v) is 0.337. The van der Waals surface area contributed by atoms with E-state index in [0.717, 1.165) is 0 Å². The van der Waals surface area contributed by atoms with Crippen LogP contribution in [0.1, 0.15) is 13.3 Å². The zero-order valence-corrected chi connectivity index (χ0v) is 5.90. The van der Waals surface area contributed by atoms with Crippen molar-refractivity contribution in [3.8, 4) is 0 Å². The highest BCUT2D eigenvalue weighted by atomic mass is 16.6. The van der Waals surface area contributed by atoms with Crippen LogP contribution in [0.3, 0.4) is 0 Å². The summed E-state index contributed by atoms with van der Waals surface area (Å²) in [5, 5.41) is 9.67. The minimum absolute atomic E-state index is 0.0312. The molecular weight excluding hydrogens is 154 g/mol. The van der Waals surface area contributed by atoms with Crippen LogP contribution in [0.15, 0.2) is 0 Å². The molecule has 6 heteroatoms. The van der Waals surface area contributed by atoms with Gasteiger partial charge in [-0.05, 0) is 0 Å². The van der Waals surface area contributed by atoms with Crippen LogP contribution in [0.4, 0.5) is 0 Å². The smallest absolute Gasteiger partial charge is 0.386 e. The molecule has 0 fully saturated rings. The van der Waals surface area contributed by atoms with E-state index in [1.165, 1.54) is 6.92 Å². The minimum Gasteiger partial charge on any atom is -0.388 e. The Labute approximate surface area is 62.3 Å². The van der Waals surface area contributed by atoms with Crippen LogP contribution >= 0.6 is 0 Å². The summed E-state index contributed by atoms with van der Waals surface area (Å²) in [7, 11) is 0. The maximum Gasteiger partial charge on any atom is 0.386 e. The van der Waals surface area contributed by atoms with E-state index in [9.17, 15) is 19.7 Å². The van der Waals surface area contributed by atoms with Crippen molar-refractivity contribution >= 4 is 11.9 Å². The molecule has 0 radical (unpaired) electrons. The summed E-state index contributed by atoms with van der Waals surface area (Å²) >= 11 is 0. The van der Waals surface area contributed by atoms with E-state index in [1.807, 2.05) is 0 Å². The van der Waals surface area contributed by atoms with Gasteiger partial charge in [-0.25, -0.2) is 4.79 Å². The number of hydrogen-bond donors (Lipinski definition) is 0. The lowest BCUT2D eigenvalue weighted by Gasteiger charge is -1.95. The molecular formula is C5H7NO5. The van der Waals surface area contributed by atoms with Crippen molar-refractivity contribution in [3.05, 3.63) is 10.1 Å². The van der Waals surface area contributed by atoms with Gasteiger partial charge in [-0.2, -0.15) is 0 Å². The van der Waals surface area contributed by atoms with Crippen LogP contribution in [0.25, 0.3) is 0 Å². The van der Waals surface area contributed by atoms with E-state index < -0.39 is 23.4 Å². The first kappa shape index (κ1) is 9.54. The van der Waals surface area contributed by atoms with Crippen molar-refractivity contribution in [3.63, 3.8) is 0 Å². The number of esters is 2. The average molecular weight is 161 g/mol. The number of carbonyl (C=O) groups is 2. The number of nitro groups is 1. The van der Waals surface area contributed by atoms with E-state index >= 15 is 0 Å². The lowest BCUT2D eigenvalue weighted by molar-refractivity contribution is -0.469. The van der Waals surface area contributed by atoms with Crippen molar-refractivity contribution in [2.24, 2.45) is 0 Å². The molecule has 0 saturated heterocycles. The number of rotatable bonds is 3. The average Bonchev–Trinajstić information content (AvgIpc) is 1.85. The number of nitrogens with zero attached hydrogens (tertiary/aromatic N) is 1. The number of hydrogen-bond acceptors (Lipinski definition) is 5. The van der Waals surface area contributed by atoms with Crippen molar-refractivity contribution in [1.82, 2.24) is 0 Å². The molecule has 0 amide bonds. The van der Waals surface area contributed by atoms with E-state index in [4.69, 9.17) is 0 Å². The van der Waals surface area contributed by atoms with Gasteiger partial charge in [-0.3, -0.25) is 14.9 Å². The third kappa shape index (κ3) is 5.01. The van der Waals surface area contributed by atoms with Crippen molar-refractivity contribution in [2.45, 2.75) is 13.3 Å². The number of ether oxygens (including phenoxy) is 1. The van der Waals surface area contributed by atoms with Crippen LogP contribution in [0, 0.1) is 10.1 Å². The minimum atomic E-state index is -1.12. The first-order chi connectivity index (χ1) is 5.06. The largest absolute Gasteiger partial charge is 0.388 e. The highest BCUT2D eigenvalue weighted by Gasteiger charge is 2.13. The molecule has 0 unspecified atom stereocenters. The Hall–Kier alpha value is -1.46. The fraction of sp³-hybridized carbons (Fsp3) is 0.600. The molecule has 0 aromatic heterocycles. The van der Waals surface area contributed by atoms with Crippen molar-refractivity contribution in [1.29, 1.82) is 0 Å². The summed E-state index contributed by atoms with van der Waals surface area (Å²) in [5.74, 6) is -1.88. The molecule has 0 spiro atoms. The maximum atomic E-state index is 10.3. The molecule has 0 N–H and O–H groups in total. The SMILES string of the molecule is CCC(=O)OC(=O)C[N+](=O)[O-]. The van der Waals surface area contributed by atoms with Gasteiger partial charge in [0.2, 0.25) is 0 Å². The van der Waals surface area contributed by atoms with E-state index in [0.29, 0.717) is 0 Å². The van der Waals surface area contributed by atoms with Gasteiger partial charge in [0, 0.05) is 11.3 Å². The van der Waals surface area contributed by atoms with Gasteiger partial charge < -0.3 is 4.74 Å². The van der Waals surface area contributed by atoms with Crippen LogP contribution in [0.5, 0.6) is 0 Å². The second-order valence-electron chi connectivity index (χ2n) is 1.69. The van der Waals surface area contributed by atoms with Crippen LogP contribution in [0.2, 0.25) is 0 Å². The summed E-state index contributed by atoms with van der Waals surface area (Å²) in [6, 6.07) is 0. The van der Waals surface area contributed by atoms with E-state index in [-0.39, 0.29) is 6.42 Å². The first-order valence-electron chi connectivity index (χ1n) is 2.91. The van der Waals surface area contributed by atoms with Crippen molar-refractivity contribution < 1.29 is 19.2 Å². The molecule has 62 valence electrons. The van der Waals surface area contributed by atoms with Gasteiger partial charge in [-0.1, -0.05) is 6.92 Å². The van der Waals surface area contributed by atoms with Gasteiger partial charge in [0.15, 0.2) is 0 Å². The van der Waals surface area contributed by atoms with Gasteiger partial charge in [0.25, 0.3) is 6.54 Å². The predicted molar refractivity (Wildman–Crippen MR) is 33.3 cm³/mol. The lowest BCUT2D eigenvalue weighted by Crippen LogP contribution is -2.19. The van der Waals surface area contributed by atoms with Gasteiger partial charge in [0.1, 0.15) is 0 Å². The normalized spacial score (nSPS) is 8.82. The quantitative estimate of drug-likeness (QED) is 0.246. The highest BCUT2D eigenvalue weighted by molar-refractivity contribution is 5.85. The molecule has 0 aliphatic rings. The molecule has 0 heterocycles. The summed E-state index contributed by atoms with van der Waals surface area (Å²) in [5.41, 5.74) is 0. The van der Waals surface area contributed by atoms with Crippen LogP contribution in [-0.2, 0) is 14.3 Å². The van der Waals surface area contributed by atoms with Crippen molar-refractivity contribution in [2.75, 3.05) is 6.54 Å². The topological polar surface area (TPSA) is 86.5 Å². The fourth-order valence-electron chi connectivity index (χ4n) is 0.337. The molecule has 0 saturated carbocycles. The zero-order chi connectivity index (χ0) is 8.85. The Bertz CT molecular complexity index is 187. The Morgan fingerprint density at radius 1 is 1.45 bits per heavy atom. The molecule has 0 aliphatic carbocycles.